The molecular weight excluding hydrogens is 194 g/mol. The summed E-state index contributed by atoms with van der Waals surface area (Å²) in [5.41, 5.74) is 1.31. The number of hydrogen-bond acceptors (Lipinski definition) is 3. The van der Waals surface area contributed by atoms with Gasteiger partial charge in [0.25, 0.3) is 0 Å². The van der Waals surface area contributed by atoms with Gasteiger partial charge in [0.15, 0.2) is 0 Å². The van der Waals surface area contributed by atoms with Crippen molar-refractivity contribution < 1.29 is 4.74 Å². The lowest BCUT2D eigenvalue weighted by Crippen LogP contribution is -2.33. The number of nitrogens with one attached hydrogen (secondary N) is 1. The molecule has 1 N–H and O–H groups in total. The normalized spacial score (nSPS) is 22.2. The second-order valence-corrected chi connectivity index (χ2v) is 4.15. The Morgan fingerprint density at radius 3 is 3.00 bits per heavy atom. The lowest BCUT2D eigenvalue weighted by atomic mass is 10.1. The molecule has 1 unspecified atom stereocenters. The minimum atomic E-state index is 0.229. The number of ether oxygens (including phenoxy) is 1. The fourth-order valence-electron chi connectivity index (χ4n) is 1.70. The smallest absolute Gasteiger partial charge is 0.0960 e. The van der Waals surface area contributed by atoms with E-state index in [2.05, 4.69) is 35.8 Å². The largest absolute Gasteiger partial charge is 0.371 e. The van der Waals surface area contributed by atoms with Gasteiger partial charge in [-0.3, -0.25) is 0 Å². The quantitative estimate of drug-likeness (QED) is 0.753. The molecule has 1 saturated heterocycles. The van der Waals surface area contributed by atoms with E-state index in [1.807, 2.05) is 0 Å². The second kappa shape index (κ2) is 4.82. The zero-order valence-electron chi connectivity index (χ0n) is 8.32. The summed E-state index contributed by atoms with van der Waals surface area (Å²) in [4.78, 5) is 1.32. The van der Waals surface area contributed by atoms with Crippen molar-refractivity contribution in [3.05, 3.63) is 29.8 Å². The van der Waals surface area contributed by atoms with Gasteiger partial charge in [-0.2, -0.15) is 0 Å². The van der Waals surface area contributed by atoms with Crippen LogP contribution in [0.25, 0.3) is 0 Å². The zero-order valence-corrected chi connectivity index (χ0v) is 9.14. The van der Waals surface area contributed by atoms with E-state index in [9.17, 15) is 0 Å². The maximum absolute atomic E-state index is 5.73. The zero-order chi connectivity index (χ0) is 9.80. The highest BCUT2D eigenvalue weighted by Gasteiger charge is 2.17. The lowest BCUT2D eigenvalue weighted by molar-refractivity contribution is 0.0261. The summed E-state index contributed by atoms with van der Waals surface area (Å²) in [6, 6.07) is 8.46. The van der Waals surface area contributed by atoms with Gasteiger partial charge in [0.05, 0.1) is 12.7 Å². The van der Waals surface area contributed by atoms with E-state index in [1.54, 1.807) is 11.8 Å². The highest BCUT2D eigenvalue weighted by molar-refractivity contribution is 7.98. The Morgan fingerprint density at radius 1 is 1.43 bits per heavy atom. The number of morpholine rings is 1. The van der Waals surface area contributed by atoms with Gasteiger partial charge in [-0.1, -0.05) is 18.2 Å². The molecular formula is C11H15NOS. The summed E-state index contributed by atoms with van der Waals surface area (Å²) >= 11 is 1.78. The van der Waals surface area contributed by atoms with E-state index in [0.717, 1.165) is 19.7 Å². The molecule has 0 aliphatic carbocycles. The monoisotopic (exact) mass is 209 g/mol. The molecule has 1 aromatic carbocycles. The standard InChI is InChI=1S/C11H15NOS/c1-14-11-5-3-2-4-9(11)10-8-12-6-7-13-10/h2-5,10,12H,6-8H2,1H3. The SMILES string of the molecule is CSc1ccccc1C1CNCCO1. The molecule has 0 amide bonds. The highest BCUT2D eigenvalue weighted by atomic mass is 32.2. The molecule has 1 heterocycles. The third kappa shape index (κ3) is 2.11. The van der Waals surface area contributed by atoms with E-state index in [4.69, 9.17) is 4.74 Å². The number of hydrogen-bond donors (Lipinski definition) is 1. The van der Waals surface area contributed by atoms with Crippen LogP contribution in [0.4, 0.5) is 0 Å². The van der Waals surface area contributed by atoms with Crippen LogP contribution in [0.15, 0.2) is 29.2 Å². The van der Waals surface area contributed by atoms with Gasteiger partial charge in [0.2, 0.25) is 0 Å². The summed E-state index contributed by atoms with van der Waals surface area (Å²) in [5, 5.41) is 3.35. The molecule has 1 aromatic rings. The number of thioether (sulfide) groups is 1. The molecule has 2 rings (SSSR count). The molecule has 1 fully saturated rings. The highest BCUT2D eigenvalue weighted by Crippen LogP contribution is 2.28. The molecule has 1 aliphatic rings. The van der Waals surface area contributed by atoms with E-state index in [0.29, 0.717) is 0 Å². The Hall–Kier alpha value is -0.510. The summed E-state index contributed by atoms with van der Waals surface area (Å²) in [6.07, 6.45) is 2.34. The van der Waals surface area contributed by atoms with E-state index >= 15 is 0 Å². The molecule has 0 bridgehead atoms. The first-order valence-electron chi connectivity index (χ1n) is 4.87. The van der Waals surface area contributed by atoms with Crippen molar-refractivity contribution >= 4 is 11.8 Å². The van der Waals surface area contributed by atoms with Crippen molar-refractivity contribution in [1.82, 2.24) is 5.32 Å². The first-order valence-corrected chi connectivity index (χ1v) is 6.09. The van der Waals surface area contributed by atoms with Gasteiger partial charge < -0.3 is 10.1 Å². The molecule has 14 heavy (non-hydrogen) atoms. The molecule has 0 radical (unpaired) electrons. The van der Waals surface area contributed by atoms with Crippen molar-refractivity contribution in [1.29, 1.82) is 0 Å². The van der Waals surface area contributed by atoms with Gasteiger partial charge in [0.1, 0.15) is 0 Å². The van der Waals surface area contributed by atoms with Crippen LogP contribution < -0.4 is 5.32 Å². The van der Waals surface area contributed by atoms with Crippen LogP contribution in [0.3, 0.4) is 0 Å². The molecule has 0 spiro atoms. The number of rotatable bonds is 2. The fraction of sp³-hybridized carbons (Fsp3) is 0.455. The number of benzene rings is 1. The Bertz CT molecular complexity index is 297. The third-order valence-electron chi connectivity index (χ3n) is 2.41. The van der Waals surface area contributed by atoms with Crippen LogP contribution in [0.1, 0.15) is 11.7 Å². The van der Waals surface area contributed by atoms with Gasteiger partial charge in [-0.15, -0.1) is 11.8 Å². The predicted molar refractivity (Wildman–Crippen MR) is 59.8 cm³/mol. The lowest BCUT2D eigenvalue weighted by Gasteiger charge is -2.25. The third-order valence-corrected chi connectivity index (χ3v) is 3.23. The molecule has 76 valence electrons. The van der Waals surface area contributed by atoms with Crippen LogP contribution in [0.5, 0.6) is 0 Å². The maximum atomic E-state index is 5.73. The van der Waals surface area contributed by atoms with Crippen LogP contribution in [0.2, 0.25) is 0 Å². The summed E-state index contributed by atoms with van der Waals surface area (Å²) in [7, 11) is 0. The first-order chi connectivity index (χ1) is 6.92. The average molecular weight is 209 g/mol. The topological polar surface area (TPSA) is 21.3 Å². The molecule has 2 nitrogen and oxygen atoms in total. The van der Waals surface area contributed by atoms with Crippen molar-refractivity contribution in [2.45, 2.75) is 11.0 Å². The first kappa shape index (κ1) is 10.0. The minimum absolute atomic E-state index is 0.229. The Morgan fingerprint density at radius 2 is 2.29 bits per heavy atom. The predicted octanol–water partition coefficient (Wildman–Crippen LogP) is 2.07. The minimum Gasteiger partial charge on any atom is -0.371 e. The van der Waals surface area contributed by atoms with Crippen molar-refractivity contribution in [3.8, 4) is 0 Å². The maximum Gasteiger partial charge on any atom is 0.0960 e. The summed E-state index contributed by atoms with van der Waals surface area (Å²) in [6.45, 7) is 2.71. The van der Waals surface area contributed by atoms with E-state index in [1.165, 1.54) is 10.5 Å². The second-order valence-electron chi connectivity index (χ2n) is 3.31. The average Bonchev–Trinajstić information content (AvgIpc) is 2.30. The molecule has 1 aliphatic heterocycles. The summed E-state index contributed by atoms with van der Waals surface area (Å²) < 4.78 is 5.73. The van der Waals surface area contributed by atoms with Crippen LogP contribution >= 0.6 is 11.8 Å². The Kier molecular flexibility index (Phi) is 3.45. The Balaban J connectivity index is 2.20. The van der Waals surface area contributed by atoms with Crippen molar-refractivity contribution in [3.63, 3.8) is 0 Å². The fourth-order valence-corrected chi connectivity index (χ4v) is 2.35. The Labute approximate surface area is 89.0 Å². The van der Waals surface area contributed by atoms with Gasteiger partial charge in [-0.05, 0) is 17.9 Å². The summed E-state index contributed by atoms with van der Waals surface area (Å²) in [5.74, 6) is 0. The van der Waals surface area contributed by atoms with Gasteiger partial charge in [-0.25, -0.2) is 0 Å². The van der Waals surface area contributed by atoms with Crippen LogP contribution in [-0.2, 0) is 4.74 Å². The van der Waals surface area contributed by atoms with Crippen LogP contribution in [-0.4, -0.2) is 26.0 Å². The van der Waals surface area contributed by atoms with E-state index in [-0.39, 0.29) is 6.10 Å². The molecule has 0 saturated carbocycles. The molecule has 0 aromatic heterocycles. The van der Waals surface area contributed by atoms with Crippen molar-refractivity contribution in [2.24, 2.45) is 0 Å². The van der Waals surface area contributed by atoms with Gasteiger partial charge in [0, 0.05) is 18.0 Å². The van der Waals surface area contributed by atoms with Crippen LogP contribution in [0, 0.1) is 0 Å². The van der Waals surface area contributed by atoms with E-state index < -0.39 is 0 Å². The molecule has 1 atom stereocenters. The van der Waals surface area contributed by atoms with Crippen molar-refractivity contribution in [2.75, 3.05) is 26.0 Å². The molecule has 3 heteroatoms. The van der Waals surface area contributed by atoms with Gasteiger partial charge >= 0.3 is 0 Å².